The molecule has 0 saturated carbocycles. The molecule has 3 heterocycles. The summed E-state index contributed by atoms with van der Waals surface area (Å²) in [6, 6.07) is 77.2. The highest BCUT2D eigenvalue weighted by molar-refractivity contribution is 8.00. The van der Waals surface area contributed by atoms with Gasteiger partial charge in [0.25, 0.3) is 0 Å². The van der Waals surface area contributed by atoms with Crippen LogP contribution in [-0.4, -0.2) is 17.2 Å². The maximum absolute atomic E-state index is 2.87. The van der Waals surface area contributed by atoms with Crippen LogP contribution in [0.3, 0.4) is 0 Å². The predicted octanol–water partition coefficient (Wildman–Crippen LogP) is 11.1. The van der Waals surface area contributed by atoms with Gasteiger partial charge < -0.3 is 9.13 Å². The predicted molar refractivity (Wildman–Crippen MR) is 248 cm³/mol. The first kappa shape index (κ1) is 33.5. The Hall–Kier alpha value is -6.59. The quantitative estimate of drug-likeness (QED) is 0.121. The Bertz CT molecular complexity index is 3160. The van der Waals surface area contributed by atoms with Gasteiger partial charge in [0.2, 0.25) is 0 Å². The van der Waals surface area contributed by atoms with Gasteiger partial charge in [0.1, 0.15) is 0 Å². The van der Waals surface area contributed by atoms with Crippen molar-refractivity contribution in [1.29, 1.82) is 0 Å². The van der Waals surface area contributed by atoms with Crippen LogP contribution in [0.25, 0.3) is 50.2 Å². The summed E-state index contributed by atoms with van der Waals surface area (Å²) in [5.74, 6) is 0.386. The van der Waals surface area contributed by atoms with Crippen molar-refractivity contribution in [2.75, 3.05) is 0 Å². The van der Waals surface area contributed by atoms with Crippen LogP contribution >= 0.6 is 11.8 Å². The van der Waals surface area contributed by atoms with Crippen LogP contribution in [0, 0.1) is 0 Å². The van der Waals surface area contributed by atoms with Crippen molar-refractivity contribution < 1.29 is 0 Å². The fourth-order valence-electron chi connectivity index (χ4n) is 10.2. The van der Waals surface area contributed by atoms with Crippen molar-refractivity contribution in [3.05, 3.63) is 229 Å². The highest BCUT2D eigenvalue weighted by Gasteiger charge is 2.42. The van der Waals surface area contributed by atoms with E-state index in [9.17, 15) is 0 Å². The topological polar surface area (TPSA) is 9.86 Å². The lowest BCUT2D eigenvalue weighted by Gasteiger charge is -2.34. The van der Waals surface area contributed by atoms with E-state index in [1.807, 2.05) is 11.8 Å². The first-order chi connectivity index (χ1) is 28.8. The van der Waals surface area contributed by atoms with Crippen molar-refractivity contribution in [2.45, 2.75) is 16.1 Å². The van der Waals surface area contributed by atoms with E-state index >= 15 is 0 Å². The summed E-state index contributed by atoms with van der Waals surface area (Å²) in [5.41, 5.74) is 10.3. The molecular weight excluding hydrogens is 737 g/mol. The molecule has 1 aliphatic heterocycles. The third kappa shape index (κ3) is 4.86. The zero-order valence-electron chi connectivity index (χ0n) is 31.7. The molecular formula is C54H38N2SSi. The van der Waals surface area contributed by atoms with E-state index in [1.54, 1.807) is 0 Å². The van der Waals surface area contributed by atoms with Gasteiger partial charge in [-0.3, -0.25) is 0 Å². The molecule has 4 heteroatoms. The lowest BCUT2D eigenvalue weighted by molar-refractivity contribution is 0.817. The number of benzene rings is 8. The molecule has 10 aromatic rings. The van der Waals surface area contributed by atoms with E-state index in [1.165, 1.54) is 86.5 Å². The summed E-state index contributed by atoms with van der Waals surface area (Å²) in [6.07, 6.45) is 4.84. The summed E-state index contributed by atoms with van der Waals surface area (Å²) >= 11 is 2.03. The van der Waals surface area contributed by atoms with Gasteiger partial charge in [-0.2, -0.15) is 0 Å². The summed E-state index contributed by atoms with van der Waals surface area (Å²) in [7, 11) is -2.87. The highest BCUT2D eigenvalue weighted by Crippen LogP contribution is 2.59. The van der Waals surface area contributed by atoms with E-state index in [0.29, 0.717) is 11.2 Å². The number of hydrogen-bond donors (Lipinski definition) is 0. The molecule has 2 unspecified atom stereocenters. The summed E-state index contributed by atoms with van der Waals surface area (Å²) < 4.78 is 4.95. The second-order valence-corrected chi connectivity index (χ2v) is 20.6. The van der Waals surface area contributed by atoms with E-state index < -0.39 is 8.07 Å². The van der Waals surface area contributed by atoms with Crippen molar-refractivity contribution in [3.8, 4) is 11.4 Å². The number of fused-ring (bicyclic) bond motifs is 10. The molecule has 8 aromatic carbocycles. The summed E-state index contributed by atoms with van der Waals surface area (Å²) in [4.78, 5) is 1.40. The lowest BCUT2D eigenvalue weighted by Crippen LogP contribution is -2.74. The zero-order chi connectivity index (χ0) is 38.2. The second-order valence-electron chi connectivity index (χ2n) is 15.6. The number of rotatable bonds is 6. The summed E-state index contributed by atoms with van der Waals surface area (Å²) in [5, 5.41) is 9.70. The fourth-order valence-corrected chi connectivity index (χ4v) is 16.5. The number of hydrogen-bond acceptors (Lipinski definition) is 1. The van der Waals surface area contributed by atoms with Gasteiger partial charge in [-0.15, -0.1) is 11.8 Å². The molecule has 58 heavy (non-hydrogen) atoms. The molecule has 0 fully saturated rings. The maximum Gasteiger partial charge on any atom is 0.179 e. The molecule has 0 saturated heterocycles. The van der Waals surface area contributed by atoms with Gasteiger partial charge in [0.05, 0.1) is 22.2 Å². The number of thioether (sulfide) groups is 1. The second kappa shape index (κ2) is 13.2. The van der Waals surface area contributed by atoms with E-state index in [0.717, 1.165) is 0 Å². The average molecular weight is 775 g/mol. The zero-order valence-corrected chi connectivity index (χ0v) is 33.6. The Morgan fingerprint density at radius 3 is 1.67 bits per heavy atom. The molecule has 12 rings (SSSR count). The van der Waals surface area contributed by atoms with Gasteiger partial charge in [0, 0.05) is 43.6 Å². The SMILES string of the molecule is C1=CC2c3ccccc3SC2c2c1n(-c1ccc([Si](c3ccccc3)(c3ccccc3)c3ccc4c5ccccc5n(-c5ccccc5)c4c3)cc1)c1ccccc21. The highest BCUT2D eigenvalue weighted by atomic mass is 32.2. The molecule has 0 radical (unpaired) electrons. The standard InChI is InChI=1S/C54H38N2SSi/c1-4-16-37(17-5-1)56-48-25-13-10-22-43(48)44-33-32-42(36-51(44)56)58(39-18-6-2-7-19-39,40-20-8-3-9-21-40)41-30-28-38(29-31-41)55-49-26-14-11-24-47(49)53-50(55)35-34-46-45-23-12-15-27-52(45)57-54(46)53/h1-36,46,54H. The Morgan fingerprint density at radius 1 is 0.414 bits per heavy atom. The molecule has 2 atom stereocenters. The van der Waals surface area contributed by atoms with Gasteiger partial charge in [-0.25, -0.2) is 0 Å². The van der Waals surface area contributed by atoms with E-state index in [2.05, 4.69) is 228 Å². The average Bonchev–Trinajstić information content (AvgIpc) is 3.96. The smallest absolute Gasteiger partial charge is 0.179 e. The lowest BCUT2D eigenvalue weighted by atomic mass is 9.86. The van der Waals surface area contributed by atoms with Crippen LogP contribution in [0.2, 0.25) is 0 Å². The maximum atomic E-state index is 2.51. The number of nitrogens with zero attached hydrogens (tertiary/aromatic N) is 2. The van der Waals surface area contributed by atoms with Gasteiger partial charge in [0.15, 0.2) is 8.07 Å². The van der Waals surface area contributed by atoms with Crippen LogP contribution in [0.15, 0.2) is 217 Å². The van der Waals surface area contributed by atoms with E-state index in [-0.39, 0.29) is 0 Å². The van der Waals surface area contributed by atoms with Crippen LogP contribution < -0.4 is 20.7 Å². The van der Waals surface area contributed by atoms with Gasteiger partial charge >= 0.3 is 0 Å². The fraction of sp³-hybridized carbons (Fsp3) is 0.0370. The van der Waals surface area contributed by atoms with Crippen LogP contribution in [0.5, 0.6) is 0 Å². The molecule has 1 aliphatic carbocycles. The van der Waals surface area contributed by atoms with Crippen molar-refractivity contribution in [2.24, 2.45) is 0 Å². The van der Waals surface area contributed by atoms with Crippen LogP contribution in [0.4, 0.5) is 0 Å². The third-order valence-corrected chi connectivity index (χ3v) is 18.8. The Balaban J connectivity index is 1.08. The molecule has 2 aromatic heterocycles. The molecule has 274 valence electrons. The number of aromatic nitrogens is 2. The Morgan fingerprint density at radius 2 is 0.948 bits per heavy atom. The van der Waals surface area contributed by atoms with Gasteiger partial charge in [-0.05, 0) is 86.5 Å². The largest absolute Gasteiger partial charge is 0.310 e. The van der Waals surface area contributed by atoms with E-state index in [4.69, 9.17) is 0 Å². The molecule has 0 N–H and O–H groups in total. The summed E-state index contributed by atoms with van der Waals surface area (Å²) in [6.45, 7) is 0. The molecule has 2 nitrogen and oxygen atoms in total. The van der Waals surface area contributed by atoms with Crippen molar-refractivity contribution in [1.82, 2.24) is 9.13 Å². The minimum Gasteiger partial charge on any atom is -0.310 e. The normalized spacial score (nSPS) is 15.8. The molecule has 0 bridgehead atoms. The Kier molecular flexibility index (Phi) is 7.66. The van der Waals surface area contributed by atoms with Gasteiger partial charge in [-0.1, -0.05) is 164 Å². The molecule has 0 amide bonds. The van der Waals surface area contributed by atoms with Crippen LogP contribution in [-0.2, 0) is 0 Å². The number of allylic oxidation sites excluding steroid dienone is 1. The Labute approximate surface area is 343 Å². The number of para-hydroxylation sites is 3. The first-order valence-corrected chi connectivity index (χ1v) is 23.1. The van der Waals surface area contributed by atoms with Crippen LogP contribution in [0.1, 0.15) is 28.0 Å². The van der Waals surface area contributed by atoms with Crippen molar-refractivity contribution in [3.63, 3.8) is 0 Å². The van der Waals surface area contributed by atoms with Crippen molar-refractivity contribution >= 4 is 79.4 Å². The minimum absolute atomic E-state index is 0.362. The molecule has 0 spiro atoms. The minimum atomic E-state index is -2.87. The molecule has 2 aliphatic rings. The first-order valence-electron chi connectivity index (χ1n) is 20.2. The monoisotopic (exact) mass is 774 g/mol. The third-order valence-electron chi connectivity index (χ3n) is 12.6.